The van der Waals surface area contributed by atoms with Gasteiger partial charge in [0.15, 0.2) is 0 Å². The Morgan fingerprint density at radius 3 is 2.39 bits per heavy atom. The maximum Gasteiger partial charge on any atom is 0.326 e. The van der Waals surface area contributed by atoms with Crippen LogP contribution in [0.1, 0.15) is 50.2 Å². The number of aliphatic carboxylic acids is 1. The second kappa shape index (κ2) is 17.1. The van der Waals surface area contributed by atoms with E-state index in [1.54, 1.807) is 13.2 Å². The van der Waals surface area contributed by atoms with Gasteiger partial charge in [0.1, 0.15) is 24.2 Å². The highest BCUT2D eigenvalue weighted by Crippen LogP contribution is 2.23. The van der Waals surface area contributed by atoms with Gasteiger partial charge in [0, 0.05) is 57.0 Å². The second-order valence-corrected chi connectivity index (χ2v) is 12.3. The molecule has 1 aliphatic heterocycles. The first-order valence-electron chi connectivity index (χ1n) is 16.5. The van der Waals surface area contributed by atoms with Crippen molar-refractivity contribution in [1.29, 1.82) is 0 Å². The first kappa shape index (κ1) is 36.4. The number of piperidine rings is 1. The number of carboxylic acids is 1. The van der Waals surface area contributed by atoms with E-state index in [4.69, 9.17) is 5.73 Å². The van der Waals surface area contributed by atoms with Crippen molar-refractivity contribution in [3.8, 4) is 0 Å². The number of para-hydroxylation sites is 1. The molecule has 0 bridgehead atoms. The third-order valence-corrected chi connectivity index (χ3v) is 8.93. The van der Waals surface area contributed by atoms with E-state index in [0.717, 1.165) is 22.0 Å². The van der Waals surface area contributed by atoms with Gasteiger partial charge in [-0.05, 0) is 49.3 Å². The fraction of sp³-hybridized carbons (Fsp3) is 0.429. The van der Waals surface area contributed by atoms with E-state index in [1.807, 2.05) is 54.6 Å². The molecule has 3 aromatic rings. The molecule has 4 atom stereocenters. The normalized spacial score (nSPS) is 16.2. The van der Waals surface area contributed by atoms with Crippen LogP contribution in [0.15, 0.2) is 60.8 Å². The lowest BCUT2D eigenvalue weighted by Gasteiger charge is -2.39. The molecular formula is C35H45N7O7. The molecule has 262 valence electrons. The van der Waals surface area contributed by atoms with E-state index in [0.29, 0.717) is 25.8 Å². The lowest BCUT2D eigenvalue weighted by Crippen LogP contribution is -2.60. The Morgan fingerprint density at radius 2 is 1.69 bits per heavy atom. The molecule has 0 radical (unpaired) electrons. The number of H-pyrrole nitrogens is 1. The molecule has 2 aromatic carbocycles. The van der Waals surface area contributed by atoms with Gasteiger partial charge in [-0.1, -0.05) is 48.5 Å². The first-order valence-corrected chi connectivity index (χ1v) is 16.5. The number of carboxylic acid groups (broad SMARTS) is 1. The number of carbonyl (C=O) groups is 6. The van der Waals surface area contributed by atoms with Crippen LogP contribution in [0, 0.1) is 0 Å². The molecule has 1 fully saturated rings. The maximum atomic E-state index is 14.1. The van der Waals surface area contributed by atoms with E-state index in [9.17, 15) is 33.9 Å². The Kier molecular flexibility index (Phi) is 12.7. The molecule has 1 saturated heterocycles. The SMILES string of the molecule is CC(=O)N(C)[C@@H](Cc1ccccc1)C(=O)N1CCCC[C@H]1C(=O)N[C@@H](Cc1c[nH]c2ccccc12)C(=O)N[C@@H](CCCNC(N)=O)C(=O)O. The van der Waals surface area contributed by atoms with Crippen LogP contribution in [-0.2, 0) is 36.8 Å². The van der Waals surface area contributed by atoms with Crippen molar-refractivity contribution < 1.29 is 33.9 Å². The predicted octanol–water partition coefficient (Wildman–Crippen LogP) is 1.68. The highest BCUT2D eigenvalue weighted by atomic mass is 16.4. The number of urea groups is 1. The molecule has 0 saturated carbocycles. The van der Waals surface area contributed by atoms with Crippen molar-refractivity contribution in [2.24, 2.45) is 5.73 Å². The molecule has 2 heterocycles. The Morgan fingerprint density at radius 1 is 0.980 bits per heavy atom. The number of nitrogens with one attached hydrogen (secondary N) is 4. The zero-order valence-corrected chi connectivity index (χ0v) is 27.8. The smallest absolute Gasteiger partial charge is 0.326 e. The standard InChI is InChI=1S/C35H45N7O7/c1-22(43)41(2)30(19-23-11-4-3-5-12-23)33(46)42-18-9-8-16-29(42)32(45)40-28(20-24-21-38-26-14-7-6-13-25(24)26)31(44)39-27(34(47)48)15-10-17-37-35(36)49/h3-7,11-14,21,27-30,38H,8-10,15-20H2,1-2H3,(H,39,44)(H,40,45)(H,47,48)(H3,36,37,49)/t27-,28-,29-,30-/m0/s1. The van der Waals surface area contributed by atoms with Crippen molar-refractivity contribution in [2.75, 3.05) is 20.1 Å². The number of aromatic amines is 1. The fourth-order valence-electron chi connectivity index (χ4n) is 6.15. The zero-order valence-electron chi connectivity index (χ0n) is 27.8. The number of benzene rings is 2. The lowest BCUT2D eigenvalue weighted by atomic mass is 9.96. The van der Waals surface area contributed by atoms with Gasteiger partial charge >= 0.3 is 12.0 Å². The van der Waals surface area contributed by atoms with Crippen LogP contribution in [0.5, 0.6) is 0 Å². The van der Waals surface area contributed by atoms with Crippen molar-refractivity contribution in [3.05, 3.63) is 71.9 Å². The van der Waals surface area contributed by atoms with Crippen molar-refractivity contribution in [3.63, 3.8) is 0 Å². The summed E-state index contributed by atoms with van der Waals surface area (Å²) in [4.78, 5) is 83.5. The molecular weight excluding hydrogens is 630 g/mol. The number of hydrogen-bond donors (Lipinski definition) is 6. The Balaban J connectivity index is 1.57. The molecule has 6 amide bonds. The van der Waals surface area contributed by atoms with Gasteiger partial charge < -0.3 is 41.6 Å². The molecule has 4 rings (SSSR count). The van der Waals surface area contributed by atoms with Gasteiger partial charge in [-0.25, -0.2) is 9.59 Å². The quantitative estimate of drug-likeness (QED) is 0.131. The summed E-state index contributed by atoms with van der Waals surface area (Å²) in [6.45, 7) is 1.81. The minimum atomic E-state index is -1.29. The Labute approximate surface area is 284 Å². The molecule has 14 nitrogen and oxygen atoms in total. The predicted molar refractivity (Wildman–Crippen MR) is 182 cm³/mol. The van der Waals surface area contributed by atoms with Crippen LogP contribution >= 0.6 is 0 Å². The third-order valence-electron chi connectivity index (χ3n) is 8.93. The lowest BCUT2D eigenvalue weighted by molar-refractivity contribution is -0.150. The summed E-state index contributed by atoms with van der Waals surface area (Å²) in [5, 5.41) is 18.5. The average Bonchev–Trinajstić information content (AvgIpc) is 3.50. The van der Waals surface area contributed by atoms with Crippen LogP contribution in [0.2, 0.25) is 0 Å². The van der Waals surface area contributed by atoms with Gasteiger partial charge in [0.2, 0.25) is 23.6 Å². The minimum absolute atomic E-state index is 0.00643. The van der Waals surface area contributed by atoms with Gasteiger partial charge in [0.25, 0.3) is 0 Å². The Bertz CT molecular complexity index is 1640. The largest absolute Gasteiger partial charge is 0.480 e. The van der Waals surface area contributed by atoms with Crippen LogP contribution in [-0.4, -0.2) is 99.8 Å². The molecule has 1 aromatic heterocycles. The van der Waals surface area contributed by atoms with E-state index >= 15 is 0 Å². The van der Waals surface area contributed by atoms with Crippen LogP contribution in [0.25, 0.3) is 10.9 Å². The number of likely N-dealkylation sites (N-methyl/N-ethyl adjacent to an activating group) is 1. The molecule has 1 aliphatic rings. The summed E-state index contributed by atoms with van der Waals surface area (Å²) in [7, 11) is 1.57. The summed E-state index contributed by atoms with van der Waals surface area (Å²) in [5.74, 6) is -3.18. The zero-order chi connectivity index (χ0) is 35.5. The molecule has 14 heteroatoms. The number of nitrogens with zero attached hydrogens (tertiary/aromatic N) is 2. The molecule has 0 spiro atoms. The van der Waals surface area contributed by atoms with Crippen LogP contribution < -0.4 is 21.7 Å². The molecule has 0 aliphatic carbocycles. The second-order valence-electron chi connectivity index (χ2n) is 12.3. The number of nitrogens with two attached hydrogens (primary N) is 1. The van der Waals surface area contributed by atoms with E-state index < -0.39 is 48.0 Å². The number of aromatic nitrogens is 1. The molecule has 0 unspecified atom stereocenters. The summed E-state index contributed by atoms with van der Waals surface area (Å²) >= 11 is 0. The summed E-state index contributed by atoms with van der Waals surface area (Å²) in [5.41, 5.74) is 7.51. The van der Waals surface area contributed by atoms with Crippen molar-refractivity contribution in [2.45, 2.75) is 76.0 Å². The van der Waals surface area contributed by atoms with Crippen molar-refractivity contribution >= 4 is 46.5 Å². The molecule has 7 N–H and O–H groups in total. The number of likely N-dealkylation sites (tertiary alicyclic amines) is 1. The maximum absolute atomic E-state index is 14.1. The Hall–Kier alpha value is -5.40. The van der Waals surface area contributed by atoms with Crippen LogP contribution in [0.3, 0.4) is 0 Å². The van der Waals surface area contributed by atoms with E-state index in [1.165, 1.54) is 16.7 Å². The number of hydrogen-bond acceptors (Lipinski definition) is 6. The van der Waals surface area contributed by atoms with Gasteiger partial charge in [-0.15, -0.1) is 0 Å². The van der Waals surface area contributed by atoms with Crippen molar-refractivity contribution in [1.82, 2.24) is 30.7 Å². The molecule has 49 heavy (non-hydrogen) atoms. The first-order chi connectivity index (χ1) is 23.5. The summed E-state index contributed by atoms with van der Waals surface area (Å²) in [6.07, 6.45) is 3.98. The topological polar surface area (TPSA) is 207 Å². The number of primary amides is 1. The van der Waals surface area contributed by atoms with Gasteiger partial charge in [-0.2, -0.15) is 0 Å². The summed E-state index contributed by atoms with van der Waals surface area (Å²) in [6, 6.07) is 11.8. The monoisotopic (exact) mass is 675 g/mol. The number of amides is 6. The number of rotatable bonds is 15. The number of carbonyl (C=O) groups excluding carboxylic acids is 5. The highest BCUT2D eigenvalue weighted by molar-refractivity contribution is 5.95. The average molecular weight is 676 g/mol. The summed E-state index contributed by atoms with van der Waals surface area (Å²) < 4.78 is 0. The number of fused-ring (bicyclic) bond motifs is 1. The van der Waals surface area contributed by atoms with E-state index in [2.05, 4.69) is 20.9 Å². The van der Waals surface area contributed by atoms with E-state index in [-0.39, 0.29) is 44.0 Å². The fourth-order valence-corrected chi connectivity index (χ4v) is 6.15. The highest BCUT2D eigenvalue weighted by Gasteiger charge is 2.39. The van der Waals surface area contributed by atoms with Crippen LogP contribution in [0.4, 0.5) is 4.79 Å². The third kappa shape index (κ3) is 9.81. The van der Waals surface area contributed by atoms with Gasteiger partial charge in [-0.3, -0.25) is 19.2 Å². The van der Waals surface area contributed by atoms with Gasteiger partial charge in [0.05, 0.1) is 0 Å². The minimum Gasteiger partial charge on any atom is -0.480 e.